The van der Waals surface area contributed by atoms with E-state index in [0.717, 1.165) is 22.5 Å². The summed E-state index contributed by atoms with van der Waals surface area (Å²) >= 11 is 0. The average molecular weight is 271 g/mol. The summed E-state index contributed by atoms with van der Waals surface area (Å²) in [7, 11) is 1.99. The highest BCUT2D eigenvalue weighted by Crippen LogP contribution is 2.18. The number of anilines is 1. The Morgan fingerprint density at radius 1 is 1.15 bits per heavy atom. The van der Waals surface area contributed by atoms with Gasteiger partial charge in [-0.2, -0.15) is 0 Å². The van der Waals surface area contributed by atoms with E-state index in [1.54, 1.807) is 0 Å². The predicted molar refractivity (Wildman–Crippen MR) is 81.7 cm³/mol. The lowest BCUT2D eigenvalue weighted by atomic mass is 10.1. The third kappa shape index (κ3) is 3.48. The van der Waals surface area contributed by atoms with Gasteiger partial charge in [0.15, 0.2) is 0 Å². The van der Waals surface area contributed by atoms with Crippen LogP contribution in [0.5, 0.6) is 0 Å². The van der Waals surface area contributed by atoms with Crippen molar-refractivity contribution in [1.29, 1.82) is 0 Å². The maximum atomic E-state index is 11.9. The number of amides is 1. The molecule has 20 heavy (non-hydrogen) atoms. The Bertz CT molecular complexity index is 581. The summed E-state index contributed by atoms with van der Waals surface area (Å²) in [4.78, 5) is 11.9. The number of benzene rings is 1. The van der Waals surface area contributed by atoms with Gasteiger partial charge in [-0.15, -0.1) is 0 Å². The number of nitrogens with zero attached hydrogens (tertiary/aromatic N) is 1. The van der Waals surface area contributed by atoms with Crippen molar-refractivity contribution in [3.05, 3.63) is 53.3 Å². The highest BCUT2D eigenvalue weighted by molar-refractivity contribution is 5.93. The summed E-state index contributed by atoms with van der Waals surface area (Å²) in [5.74, 6) is -0.0170. The van der Waals surface area contributed by atoms with E-state index in [4.69, 9.17) is 0 Å². The molecule has 0 aliphatic carbocycles. The standard InChI is InChI=1S/C16H21N3O/c1-12-6-4-7-13(2)16(12)18-15(20)11-17-10-14-8-5-9-19(14)3/h4-9,17H,10-11H2,1-3H3,(H,18,20). The van der Waals surface area contributed by atoms with Gasteiger partial charge in [0.25, 0.3) is 0 Å². The zero-order chi connectivity index (χ0) is 14.5. The number of nitrogens with one attached hydrogen (secondary N) is 2. The van der Waals surface area contributed by atoms with E-state index >= 15 is 0 Å². The SMILES string of the molecule is Cc1cccc(C)c1NC(=O)CNCc1cccn1C. The lowest BCUT2D eigenvalue weighted by molar-refractivity contribution is -0.115. The second-order valence-electron chi connectivity index (χ2n) is 5.03. The van der Waals surface area contributed by atoms with Gasteiger partial charge in [-0.3, -0.25) is 4.79 Å². The van der Waals surface area contributed by atoms with Crippen LogP contribution in [-0.2, 0) is 18.4 Å². The first-order valence-electron chi connectivity index (χ1n) is 6.75. The zero-order valence-electron chi connectivity index (χ0n) is 12.2. The number of hydrogen-bond donors (Lipinski definition) is 2. The van der Waals surface area contributed by atoms with Crippen LogP contribution in [0.1, 0.15) is 16.8 Å². The molecule has 0 unspecified atom stereocenters. The molecule has 0 spiro atoms. The van der Waals surface area contributed by atoms with E-state index in [9.17, 15) is 4.79 Å². The second kappa shape index (κ2) is 6.39. The Balaban J connectivity index is 1.85. The molecule has 1 amide bonds. The van der Waals surface area contributed by atoms with Crippen molar-refractivity contribution in [3.8, 4) is 0 Å². The molecular formula is C16H21N3O. The van der Waals surface area contributed by atoms with E-state index in [-0.39, 0.29) is 5.91 Å². The fourth-order valence-electron chi connectivity index (χ4n) is 2.18. The van der Waals surface area contributed by atoms with E-state index in [0.29, 0.717) is 13.1 Å². The van der Waals surface area contributed by atoms with E-state index in [2.05, 4.69) is 10.6 Å². The molecule has 0 radical (unpaired) electrons. The van der Waals surface area contributed by atoms with E-state index < -0.39 is 0 Å². The Hall–Kier alpha value is -2.07. The molecule has 1 aromatic carbocycles. The van der Waals surface area contributed by atoms with Crippen molar-refractivity contribution in [2.24, 2.45) is 7.05 Å². The molecule has 0 atom stereocenters. The smallest absolute Gasteiger partial charge is 0.238 e. The lowest BCUT2D eigenvalue weighted by Crippen LogP contribution is -2.28. The minimum absolute atomic E-state index is 0.0170. The van der Waals surface area contributed by atoms with Crippen molar-refractivity contribution in [2.45, 2.75) is 20.4 Å². The van der Waals surface area contributed by atoms with Crippen LogP contribution in [0.25, 0.3) is 0 Å². The second-order valence-corrected chi connectivity index (χ2v) is 5.03. The number of hydrogen-bond acceptors (Lipinski definition) is 2. The Kier molecular flexibility index (Phi) is 4.58. The van der Waals surface area contributed by atoms with Crippen LogP contribution in [0.2, 0.25) is 0 Å². The number of rotatable bonds is 5. The first-order valence-corrected chi connectivity index (χ1v) is 6.75. The summed E-state index contributed by atoms with van der Waals surface area (Å²) in [5.41, 5.74) is 4.24. The number of aromatic nitrogens is 1. The normalized spacial score (nSPS) is 10.6. The molecule has 2 N–H and O–H groups in total. The topological polar surface area (TPSA) is 46.1 Å². The molecule has 4 nitrogen and oxygen atoms in total. The first-order chi connectivity index (χ1) is 9.58. The quantitative estimate of drug-likeness (QED) is 0.877. The van der Waals surface area contributed by atoms with Gasteiger partial charge in [-0.1, -0.05) is 18.2 Å². The third-order valence-corrected chi connectivity index (χ3v) is 3.39. The molecule has 2 rings (SSSR count). The van der Waals surface area contributed by atoms with E-state index in [1.807, 2.05) is 62.0 Å². The number of carbonyl (C=O) groups excluding carboxylic acids is 1. The summed E-state index contributed by atoms with van der Waals surface area (Å²) < 4.78 is 2.04. The molecule has 4 heteroatoms. The Labute approximate surface area is 119 Å². The van der Waals surface area contributed by atoms with Crippen molar-refractivity contribution in [2.75, 3.05) is 11.9 Å². The van der Waals surface area contributed by atoms with Gasteiger partial charge in [0.2, 0.25) is 5.91 Å². The summed E-state index contributed by atoms with van der Waals surface area (Å²) in [6.45, 7) is 4.99. The maximum Gasteiger partial charge on any atom is 0.238 e. The molecule has 106 valence electrons. The molecule has 1 heterocycles. The van der Waals surface area contributed by atoms with Crippen molar-refractivity contribution in [1.82, 2.24) is 9.88 Å². The molecule has 0 saturated carbocycles. The minimum Gasteiger partial charge on any atom is -0.353 e. The third-order valence-electron chi connectivity index (χ3n) is 3.39. The van der Waals surface area contributed by atoms with Gasteiger partial charge in [0, 0.05) is 31.2 Å². The van der Waals surface area contributed by atoms with Crippen LogP contribution in [0.3, 0.4) is 0 Å². The fourth-order valence-corrected chi connectivity index (χ4v) is 2.18. The average Bonchev–Trinajstić information content (AvgIpc) is 2.80. The van der Waals surface area contributed by atoms with Crippen LogP contribution < -0.4 is 10.6 Å². The predicted octanol–water partition coefficient (Wildman–Crippen LogP) is 2.37. The Morgan fingerprint density at radius 3 is 2.45 bits per heavy atom. The molecule has 0 aliphatic heterocycles. The molecule has 2 aromatic rings. The van der Waals surface area contributed by atoms with Gasteiger partial charge in [0.1, 0.15) is 0 Å². The molecule has 0 bridgehead atoms. The van der Waals surface area contributed by atoms with E-state index in [1.165, 1.54) is 0 Å². The zero-order valence-corrected chi connectivity index (χ0v) is 12.2. The summed E-state index contributed by atoms with van der Waals surface area (Å²) in [6, 6.07) is 10.0. The largest absolute Gasteiger partial charge is 0.353 e. The van der Waals surface area contributed by atoms with Gasteiger partial charge in [0.05, 0.1) is 6.54 Å². The van der Waals surface area contributed by atoms with Crippen LogP contribution in [0.4, 0.5) is 5.69 Å². The summed E-state index contributed by atoms with van der Waals surface area (Å²) in [5, 5.41) is 6.12. The molecule has 0 saturated heterocycles. The van der Waals surface area contributed by atoms with Gasteiger partial charge in [-0.05, 0) is 37.1 Å². The number of para-hydroxylation sites is 1. The highest BCUT2D eigenvalue weighted by Gasteiger charge is 2.07. The van der Waals surface area contributed by atoms with Crippen LogP contribution in [0.15, 0.2) is 36.5 Å². The Morgan fingerprint density at radius 2 is 1.85 bits per heavy atom. The van der Waals surface area contributed by atoms with Crippen LogP contribution >= 0.6 is 0 Å². The summed E-state index contributed by atoms with van der Waals surface area (Å²) in [6.07, 6.45) is 1.99. The number of aryl methyl sites for hydroxylation is 3. The monoisotopic (exact) mass is 271 g/mol. The lowest BCUT2D eigenvalue weighted by Gasteiger charge is -2.12. The van der Waals surface area contributed by atoms with Crippen LogP contribution in [0, 0.1) is 13.8 Å². The fraction of sp³-hybridized carbons (Fsp3) is 0.312. The van der Waals surface area contributed by atoms with Gasteiger partial charge >= 0.3 is 0 Å². The van der Waals surface area contributed by atoms with Crippen LogP contribution in [-0.4, -0.2) is 17.0 Å². The van der Waals surface area contributed by atoms with Crippen molar-refractivity contribution < 1.29 is 4.79 Å². The molecule has 0 aliphatic rings. The first kappa shape index (κ1) is 14.3. The highest BCUT2D eigenvalue weighted by atomic mass is 16.1. The molecular weight excluding hydrogens is 250 g/mol. The van der Waals surface area contributed by atoms with Crippen molar-refractivity contribution in [3.63, 3.8) is 0 Å². The molecule has 1 aromatic heterocycles. The van der Waals surface area contributed by atoms with Crippen molar-refractivity contribution >= 4 is 11.6 Å². The number of carbonyl (C=O) groups is 1. The minimum atomic E-state index is -0.0170. The maximum absolute atomic E-state index is 11.9. The molecule has 0 fully saturated rings. The van der Waals surface area contributed by atoms with Gasteiger partial charge in [-0.25, -0.2) is 0 Å². The van der Waals surface area contributed by atoms with Gasteiger partial charge < -0.3 is 15.2 Å².